The molecule has 0 bridgehead atoms. The van der Waals surface area contributed by atoms with Crippen LogP contribution in [-0.4, -0.2) is 39.5 Å². The average molecular weight is 288 g/mol. The summed E-state index contributed by atoms with van der Waals surface area (Å²) in [6.07, 6.45) is 0.906. The summed E-state index contributed by atoms with van der Waals surface area (Å²) >= 11 is 0. The van der Waals surface area contributed by atoms with E-state index < -0.39 is 28.3 Å². The van der Waals surface area contributed by atoms with Gasteiger partial charge in [0.1, 0.15) is 5.60 Å². The first-order valence-electron chi connectivity index (χ1n) is 5.41. The minimum absolute atomic E-state index is 0.339. The van der Waals surface area contributed by atoms with Crippen LogP contribution in [-0.2, 0) is 24.6 Å². The lowest BCUT2D eigenvalue weighted by atomic mass is 9.96. The van der Waals surface area contributed by atoms with Gasteiger partial charge in [-0.05, 0) is 24.6 Å². The van der Waals surface area contributed by atoms with E-state index in [1.165, 1.54) is 38.3 Å². The van der Waals surface area contributed by atoms with Crippen LogP contribution in [0.15, 0.2) is 24.3 Å². The molecule has 0 aromatic heterocycles. The largest absolute Gasteiger partial charge is 0.465 e. The van der Waals surface area contributed by atoms with E-state index in [0.29, 0.717) is 11.1 Å². The normalized spacial score (nSPS) is 14.7. The van der Waals surface area contributed by atoms with Gasteiger partial charge in [-0.15, -0.1) is 0 Å². The average Bonchev–Trinajstić information content (AvgIpc) is 2.35. The highest BCUT2D eigenvalue weighted by molar-refractivity contribution is 7.85. The number of hydrogen-bond acceptors (Lipinski definition) is 6. The monoisotopic (exact) mass is 288 g/mol. The Bertz CT molecular complexity index is 544. The number of benzene rings is 1. The van der Waals surface area contributed by atoms with Crippen LogP contribution in [0.3, 0.4) is 0 Å². The number of hydrogen-bond donors (Lipinski definition) is 1. The fourth-order valence-corrected chi connectivity index (χ4v) is 1.83. The van der Waals surface area contributed by atoms with Crippen molar-refractivity contribution >= 4 is 16.1 Å². The molecule has 19 heavy (non-hydrogen) atoms. The Labute approximate surface area is 112 Å². The molecule has 0 aliphatic carbocycles. The summed E-state index contributed by atoms with van der Waals surface area (Å²) in [6.45, 7) is 1.02. The van der Waals surface area contributed by atoms with Crippen molar-refractivity contribution < 1.29 is 27.2 Å². The van der Waals surface area contributed by atoms with Gasteiger partial charge in [0, 0.05) is 0 Å². The third-order valence-corrected chi connectivity index (χ3v) is 3.03. The molecule has 1 atom stereocenters. The Kier molecular flexibility index (Phi) is 4.67. The van der Waals surface area contributed by atoms with Gasteiger partial charge in [-0.3, -0.25) is 4.18 Å². The molecule has 1 aromatic carbocycles. The second kappa shape index (κ2) is 5.68. The molecule has 0 spiro atoms. The second-order valence-corrected chi connectivity index (χ2v) is 5.95. The van der Waals surface area contributed by atoms with Crippen molar-refractivity contribution in [2.24, 2.45) is 0 Å². The molecule has 1 rings (SSSR count). The van der Waals surface area contributed by atoms with Gasteiger partial charge in [-0.25, -0.2) is 4.79 Å². The van der Waals surface area contributed by atoms with Crippen LogP contribution in [0.5, 0.6) is 0 Å². The molecule has 7 heteroatoms. The van der Waals surface area contributed by atoms with Crippen LogP contribution < -0.4 is 0 Å². The molecule has 0 unspecified atom stereocenters. The fraction of sp³-hybridized carbons (Fsp3) is 0.417. The zero-order valence-electron chi connectivity index (χ0n) is 10.9. The number of carbonyl (C=O) groups excluding carboxylic acids is 1. The lowest BCUT2D eigenvalue weighted by Gasteiger charge is -2.23. The maximum absolute atomic E-state index is 11.2. The number of ether oxygens (including phenoxy) is 1. The summed E-state index contributed by atoms with van der Waals surface area (Å²) in [5.74, 6) is -0.487. The number of aliphatic hydroxyl groups is 1. The third-order valence-electron chi connectivity index (χ3n) is 2.48. The molecule has 0 radical (unpaired) electrons. The molecule has 0 saturated carbocycles. The SMILES string of the molecule is COC(=O)c1ccc([C@](C)(O)COS(C)(=O)=O)cc1. The molecule has 1 N–H and O–H groups in total. The van der Waals surface area contributed by atoms with E-state index in [4.69, 9.17) is 0 Å². The molecule has 0 aliphatic rings. The Morgan fingerprint density at radius 2 is 1.84 bits per heavy atom. The van der Waals surface area contributed by atoms with E-state index in [1.807, 2.05) is 0 Å². The summed E-state index contributed by atoms with van der Waals surface area (Å²) in [6, 6.07) is 5.99. The molecule has 0 aliphatic heterocycles. The molecule has 106 valence electrons. The van der Waals surface area contributed by atoms with Gasteiger partial charge in [0.15, 0.2) is 0 Å². The Morgan fingerprint density at radius 3 is 2.26 bits per heavy atom. The van der Waals surface area contributed by atoms with E-state index in [1.54, 1.807) is 0 Å². The van der Waals surface area contributed by atoms with Gasteiger partial charge in [-0.2, -0.15) is 8.42 Å². The zero-order valence-corrected chi connectivity index (χ0v) is 11.7. The number of methoxy groups -OCH3 is 1. The van der Waals surface area contributed by atoms with E-state index in [2.05, 4.69) is 8.92 Å². The van der Waals surface area contributed by atoms with E-state index >= 15 is 0 Å². The highest BCUT2D eigenvalue weighted by Gasteiger charge is 2.25. The van der Waals surface area contributed by atoms with Crippen LogP contribution in [0, 0.1) is 0 Å². The summed E-state index contributed by atoms with van der Waals surface area (Å²) < 4.78 is 30.9. The molecule has 0 heterocycles. The van der Waals surface area contributed by atoms with Crippen molar-refractivity contribution in [2.75, 3.05) is 20.0 Å². The van der Waals surface area contributed by atoms with Gasteiger partial charge < -0.3 is 9.84 Å². The van der Waals surface area contributed by atoms with Gasteiger partial charge in [0.05, 0.1) is 25.5 Å². The molecule has 0 fully saturated rings. The van der Waals surface area contributed by atoms with Crippen molar-refractivity contribution in [1.82, 2.24) is 0 Å². The molecule has 0 saturated heterocycles. The van der Waals surface area contributed by atoms with Crippen LogP contribution >= 0.6 is 0 Å². The second-order valence-electron chi connectivity index (χ2n) is 4.31. The van der Waals surface area contributed by atoms with E-state index in [0.717, 1.165) is 6.26 Å². The highest BCUT2D eigenvalue weighted by Crippen LogP contribution is 2.22. The van der Waals surface area contributed by atoms with Gasteiger partial charge in [-0.1, -0.05) is 12.1 Å². The van der Waals surface area contributed by atoms with Gasteiger partial charge in [0.25, 0.3) is 10.1 Å². The van der Waals surface area contributed by atoms with Gasteiger partial charge in [0.2, 0.25) is 0 Å². The van der Waals surface area contributed by atoms with Crippen molar-refractivity contribution in [1.29, 1.82) is 0 Å². The van der Waals surface area contributed by atoms with E-state index in [-0.39, 0.29) is 0 Å². The van der Waals surface area contributed by atoms with Crippen molar-refractivity contribution in [3.63, 3.8) is 0 Å². The van der Waals surface area contributed by atoms with Crippen molar-refractivity contribution in [3.8, 4) is 0 Å². The lowest BCUT2D eigenvalue weighted by molar-refractivity contribution is 0.0100. The molecular formula is C12H16O6S. The first-order chi connectivity index (χ1) is 8.65. The molecular weight excluding hydrogens is 272 g/mol. The van der Waals surface area contributed by atoms with Crippen LogP contribution in [0.1, 0.15) is 22.8 Å². The Balaban J connectivity index is 2.87. The predicted octanol–water partition coefficient (Wildman–Crippen LogP) is 0.657. The number of esters is 1. The van der Waals surface area contributed by atoms with Gasteiger partial charge >= 0.3 is 5.97 Å². The van der Waals surface area contributed by atoms with Crippen LogP contribution in [0.4, 0.5) is 0 Å². The summed E-state index contributed by atoms with van der Waals surface area (Å²) in [7, 11) is -2.35. The summed E-state index contributed by atoms with van der Waals surface area (Å²) in [4.78, 5) is 11.2. The lowest BCUT2D eigenvalue weighted by Crippen LogP contribution is -2.29. The Morgan fingerprint density at radius 1 is 1.32 bits per heavy atom. The highest BCUT2D eigenvalue weighted by atomic mass is 32.2. The van der Waals surface area contributed by atoms with E-state index in [9.17, 15) is 18.3 Å². The molecule has 0 amide bonds. The topological polar surface area (TPSA) is 89.9 Å². The fourth-order valence-electron chi connectivity index (χ4n) is 1.39. The molecule has 6 nitrogen and oxygen atoms in total. The zero-order chi connectivity index (χ0) is 14.7. The number of carbonyl (C=O) groups is 1. The first kappa shape index (κ1) is 15.6. The standard InChI is InChI=1S/C12H16O6S/c1-12(14,8-18-19(3,15)16)10-6-4-9(5-7-10)11(13)17-2/h4-7,14H,8H2,1-3H3/t12-/m1/s1. The van der Waals surface area contributed by atoms with Crippen molar-refractivity contribution in [2.45, 2.75) is 12.5 Å². The minimum atomic E-state index is -3.62. The number of rotatable bonds is 5. The quantitative estimate of drug-likeness (QED) is 0.632. The Hall–Kier alpha value is -1.44. The smallest absolute Gasteiger partial charge is 0.337 e. The maximum Gasteiger partial charge on any atom is 0.337 e. The summed E-state index contributed by atoms with van der Waals surface area (Å²) in [5.41, 5.74) is -0.701. The van der Waals surface area contributed by atoms with Crippen LogP contribution in [0.2, 0.25) is 0 Å². The summed E-state index contributed by atoms with van der Waals surface area (Å²) in [5, 5.41) is 10.1. The van der Waals surface area contributed by atoms with Crippen molar-refractivity contribution in [3.05, 3.63) is 35.4 Å². The third kappa shape index (κ3) is 4.62. The molecule has 1 aromatic rings. The maximum atomic E-state index is 11.2. The predicted molar refractivity (Wildman–Crippen MR) is 68.1 cm³/mol. The first-order valence-corrected chi connectivity index (χ1v) is 7.23. The van der Waals surface area contributed by atoms with Crippen LogP contribution in [0.25, 0.3) is 0 Å². The minimum Gasteiger partial charge on any atom is -0.465 e.